The molecular formula is C15H20F2N2O2. The van der Waals surface area contributed by atoms with Crippen molar-refractivity contribution in [1.29, 1.82) is 0 Å². The largest absolute Gasteiger partial charge is 0.450 e. The molecule has 4 nitrogen and oxygen atoms in total. The number of carbonyl (C=O) groups excluding carboxylic acids is 1. The van der Waals surface area contributed by atoms with Crippen LogP contribution in [0.2, 0.25) is 0 Å². The lowest BCUT2D eigenvalue weighted by atomic mass is 10.0. The molecule has 0 radical (unpaired) electrons. The number of halogens is 2. The quantitative estimate of drug-likeness (QED) is 0.929. The van der Waals surface area contributed by atoms with Gasteiger partial charge >= 0.3 is 6.09 Å². The molecule has 0 bridgehead atoms. The Morgan fingerprint density at radius 1 is 1.33 bits per heavy atom. The van der Waals surface area contributed by atoms with Crippen molar-refractivity contribution >= 4 is 6.09 Å². The van der Waals surface area contributed by atoms with Gasteiger partial charge in [0, 0.05) is 25.7 Å². The van der Waals surface area contributed by atoms with Gasteiger partial charge in [-0.25, -0.2) is 13.6 Å². The van der Waals surface area contributed by atoms with Gasteiger partial charge in [-0.3, -0.25) is 0 Å². The maximum absolute atomic E-state index is 13.1. The molecule has 1 heterocycles. The molecule has 0 spiro atoms. The van der Waals surface area contributed by atoms with E-state index < -0.39 is 11.6 Å². The second kappa shape index (κ2) is 7.36. The molecule has 6 heteroatoms. The minimum atomic E-state index is -0.832. The minimum absolute atomic E-state index is 0.267. The van der Waals surface area contributed by atoms with Crippen molar-refractivity contribution in [2.45, 2.75) is 32.4 Å². The first-order valence-electron chi connectivity index (χ1n) is 7.19. The third-order valence-corrected chi connectivity index (χ3v) is 3.60. The highest BCUT2D eigenvalue weighted by molar-refractivity contribution is 5.67. The molecule has 0 unspecified atom stereocenters. The maximum Gasteiger partial charge on any atom is 0.409 e. The molecule has 0 atom stereocenters. The first kappa shape index (κ1) is 15.7. The Hall–Kier alpha value is -1.69. The van der Waals surface area contributed by atoms with Gasteiger partial charge in [0.15, 0.2) is 11.6 Å². The van der Waals surface area contributed by atoms with Crippen LogP contribution in [0.25, 0.3) is 0 Å². The van der Waals surface area contributed by atoms with Crippen LogP contribution in [0.5, 0.6) is 0 Å². The molecule has 0 saturated carbocycles. The van der Waals surface area contributed by atoms with Crippen LogP contribution >= 0.6 is 0 Å². The van der Waals surface area contributed by atoms with Gasteiger partial charge in [-0.2, -0.15) is 0 Å². The zero-order valence-corrected chi connectivity index (χ0v) is 12.1. The van der Waals surface area contributed by atoms with E-state index in [2.05, 4.69) is 5.32 Å². The Morgan fingerprint density at radius 3 is 2.67 bits per heavy atom. The van der Waals surface area contributed by atoms with Gasteiger partial charge in [-0.1, -0.05) is 6.07 Å². The Kier molecular flexibility index (Phi) is 5.50. The number of nitrogens with zero attached hydrogens (tertiary/aromatic N) is 1. The first-order valence-corrected chi connectivity index (χ1v) is 7.19. The van der Waals surface area contributed by atoms with E-state index in [0.717, 1.165) is 18.9 Å². The van der Waals surface area contributed by atoms with Crippen LogP contribution in [0, 0.1) is 11.6 Å². The number of benzene rings is 1. The van der Waals surface area contributed by atoms with E-state index in [1.807, 2.05) is 0 Å². The highest BCUT2D eigenvalue weighted by Crippen LogP contribution is 2.13. The molecule has 116 valence electrons. The number of nitrogens with one attached hydrogen (secondary N) is 1. The fourth-order valence-corrected chi connectivity index (χ4v) is 2.39. The lowest BCUT2D eigenvalue weighted by Crippen LogP contribution is -2.44. The summed E-state index contributed by atoms with van der Waals surface area (Å²) in [6.07, 6.45) is 1.38. The molecule has 2 rings (SSSR count). The zero-order chi connectivity index (χ0) is 15.2. The highest BCUT2D eigenvalue weighted by atomic mass is 19.2. The van der Waals surface area contributed by atoms with Gasteiger partial charge in [0.25, 0.3) is 0 Å². The van der Waals surface area contributed by atoms with Gasteiger partial charge < -0.3 is 15.0 Å². The predicted molar refractivity (Wildman–Crippen MR) is 74.8 cm³/mol. The van der Waals surface area contributed by atoms with Gasteiger partial charge in [0.1, 0.15) is 0 Å². The minimum Gasteiger partial charge on any atom is -0.450 e. The second-order valence-electron chi connectivity index (χ2n) is 5.09. The summed E-state index contributed by atoms with van der Waals surface area (Å²) in [4.78, 5) is 13.3. The van der Waals surface area contributed by atoms with Crippen LogP contribution in [0.4, 0.5) is 13.6 Å². The van der Waals surface area contributed by atoms with Crippen molar-refractivity contribution in [3.63, 3.8) is 0 Å². The fourth-order valence-electron chi connectivity index (χ4n) is 2.39. The third-order valence-electron chi connectivity index (χ3n) is 3.60. The van der Waals surface area contributed by atoms with Gasteiger partial charge in [-0.15, -0.1) is 0 Å². The zero-order valence-electron chi connectivity index (χ0n) is 12.1. The number of amides is 1. The molecule has 1 aromatic rings. The normalized spacial score (nSPS) is 16.0. The molecule has 1 N–H and O–H groups in total. The fraction of sp³-hybridized carbons (Fsp3) is 0.533. The lowest BCUT2D eigenvalue weighted by Gasteiger charge is -2.31. The van der Waals surface area contributed by atoms with E-state index >= 15 is 0 Å². The average Bonchev–Trinajstić information content (AvgIpc) is 2.49. The Bertz CT molecular complexity index is 489. The molecule has 21 heavy (non-hydrogen) atoms. The summed E-state index contributed by atoms with van der Waals surface area (Å²) in [6, 6.07) is 4.18. The number of hydrogen-bond acceptors (Lipinski definition) is 3. The predicted octanol–water partition coefficient (Wildman–Crippen LogP) is 2.68. The molecule has 1 fully saturated rings. The SMILES string of the molecule is CCOC(=O)N1CCC(NCc2ccc(F)c(F)c2)CC1. The van der Waals surface area contributed by atoms with Crippen molar-refractivity contribution in [3.8, 4) is 0 Å². The summed E-state index contributed by atoms with van der Waals surface area (Å²) < 4.78 is 30.9. The monoisotopic (exact) mass is 298 g/mol. The number of likely N-dealkylation sites (tertiary alicyclic amines) is 1. The van der Waals surface area contributed by atoms with Crippen LogP contribution in [-0.2, 0) is 11.3 Å². The molecule has 1 saturated heterocycles. The summed E-state index contributed by atoms with van der Waals surface area (Å²) in [7, 11) is 0. The number of carbonyl (C=O) groups is 1. The van der Waals surface area contributed by atoms with Crippen molar-refractivity contribution in [3.05, 3.63) is 35.4 Å². The Labute approximate surface area is 123 Å². The first-order chi connectivity index (χ1) is 10.1. The third kappa shape index (κ3) is 4.39. The van der Waals surface area contributed by atoms with Crippen LogP contribution in [0.15, 0.2) is 18.2 Å². The van der Waals surface area contributed by atoms with Crippen LogP contribution in [0.1, 0.15) is 25.3 Å². The molecule has 1 aromatic carbocycles. The van der Waals surface area contributed by atoms with Crippen LogP contribution in [-0.4, -0.2) is 36.7 Å². The van der Waals surface area contributed by atoms with E-state index in [1.54, 1.807) is 17.9 Å². The van der Waals surface area contributed by atoms with Crippen molar-refractivity contribution in [2.75, 3.05) is 19.7 Å². The average molecular weight is 298 g/mol. The summed E-state index contributed by atoms with van der Waals surface area (Å²) >= 11 is 0. The topological polar surface area (TPSA) is 41.6 Å². The van der Waals surface area contributed by atoms with Crippen molar-refractivity contribution in [1.82, 2.24) is 10.2 Å². The van der Waals surface area contributed by atoms with Crippen molar-refractivity contribution in [2.24, 2.45) is 0 Å². The Morgan fingerprint density at radius 2 is 2.05 bits per heavy atom. The van der Waals surface area contributed by atoms with E-state index in [9.17, 15) is 13.6 Å². The molecule has 0 aliphatic carbocycles. The summed E-state index contributed by atoms with van der Waals surface area (Å²) in [5, 5.41) is 3.31. The standard InChI is InChI=1S/C15H20F2N2O2/c1-2-21-15(20)19-7-5-12(6-8-19)18-10-11-3-4-13(16)14(17)9-11/h3-4,9,12,18H,2,5-8,10H2,1H3. The van der Waals surface area contributed by atoms with E-state index in [0.29, 0.717) is 31.8 Å². The van der Waals surface area contributed by atoms with Crippen LogP contribution < -0.4 is 5.32 Å². The molecule has 1 aliphatic rings. The van der Waals surface area contributed by atoms with E-state index in [-0.39, 0.29) is 12.1 Å². The summed E-state index contributed by atoms with van der Waals surface area (Å²) in [5.41, 5.74) is 0.710. The van der Waals surface area contributed by atoms with Crippen molar-refractivity contribution < 1.29 is 18.3 Å². The highest BCUT2D eigenvalue weighted by Gasteiger charge is 2.23. The number of hydrogen-bond donors (Lipinski definition) is 1. The number of rotatable bonds is 4. The van der Waals surface area contributed by atoms with Crippen LogP contribution in [0.3, 0.4) is 0 Å². The van der Waals surface area contributed by atoms with Gasteiger partial charge in [0.05, 0.1) is 6.61 Å². The molecular weight excluding hydrogens is 278 g/mol. The molecule has 1 amide bonds. The van der Waals surface area contributed by atoms with E-state index in [4.69, 9.17) is 4.74 Å². The number of ether oxygens (including phenoxy) is 1. The molecule has 0 aromatic heterocycles. The van der Waals surface area contributed by atoms with Gasteiger partial charge in [0.2, 0.25) is 0 Å². The van der Waals surface area contributed by atoms with E-state index in [1.165, 1.54) is 6.07 Å². The summed E-state index contributed by atoms with van der Waals surface area (Å²) in [6.45, 7) is 3.95. The number of piperidine rings is 1. The van der Waals surface area contributed by atoms with Gasteiger partial charge in [-0.05, 0) is 37.5 Å². The second-order valence-corrected chi connectivity index (χ2v) is 5.09. The molecule has 1 aliphatic heterocycles. The summed E-state index contributed by atoms with van der Waals surface area (Å²) in [5.74, 6) is -1.66. The maximum atomic E-state index is 13.1. The lowest BCUT2D eigenvalue weighted by molar-refractivity contribution is 0.0950. The Balaban J connectivity index is 1.76. The smallest absolute Gasteiger partial charge is 0.409 e.